The van der Waals surface area contributed by atoms with Crippen molar-refractivity contribution in [3.05, 3.63) is 11.3 Å². The molecular weight excluding hydrogens is 212 g/mol. The van der Waals surface area contributed by atoms with Crippen LogP contribution in [-0.4, -0.2) is 18.3 Å². The summed E-state index contributed by atoms with van der Waals surface area (Å²) in [5.74, 6) is 0.694. The first-order chi connectivity index (χ1) is 7.08. The summed E-state index contributed by atoms with van der Waals surface area (Å²) < 4.78 is 0. The highest BCUT2D eigenvalue weighted by molar-refractivity contribution is 6.17. The molecule has 0 heterocycles. The summed E-state index contributed by atoms with van der Waals surface area (Å²) in [6.45, 7) is 8.32. The van der Waals surface area contributed by atoms with Crippen LogP contribution in [0.4, 0.5) is 0 Å². The Kier molecular flexibility index (Phi) is 12.7. The van der Waals surface area contributed by atoms with E-state index >= 15 is 0 Å². The summed E-state index contributed by atoms with van der Waals surface area (Å²) in [7, 11) is 0. The number of nitrogens with two attached hydrogens (primary N) is 1. The zero-order valence-corrected chi connectivity index (χ0v) is 10.9. The van der Waals surface area contributed by atoms with Gasteiger partial charge in [0.15, 0.2) is 0 Å². The Bertz CT molecular complexity index is 203. The zero-order chi connectivity index (χ0) is 12.3. The third-order valence-electron chi connectivity index (χ3n) is 1.73. The van der Waals surface area contributed by atoms with Crippen LogP contribution in [0.1, 0.15) is 40.5 Å². The average Bonchev–Trinajstić information content (AvgIpc) is 2.20. The van der Waals surface area contributed by atoms with Gasteiger partial charge in [0, 0.05) is 23.7 Å². The van der Waals surface area contributed by atoms with Crippen LogP contribution in [0.5, 0.6) is 0 Å². The smallest absolute Gasteiger partial charge is 0.248 e. The molecule has 0 aliphatic heterocycles. The molecule has 0 rings (SSSR count). The van der Waals surface area contributed by atoms with Crippen LogP contribution >= 0.6 is 11.6 Å². The number of rotatable bonds is 4. The highest BCUT2D eigenvalue weighted by atomic mass is 35.5. The monoisotopic (exact) mass is 234 g/mol. The number of alkyl halides is 1. The lowest BCUT2D eigenvalue weighted by Crippen LogP contribution is -2.26. The van der Waals surface area contributed by atoms with E-state index < -0.39 is 0 Å². The minimum Gasteiger partial charge on any atom is -0.402 e. The molecular formula is C11H23ClN2O. The highest BCUT2D eigenvalue weighted by Crippen LogP contribution is 2.06. The topological polar surface area (TPSA) is 55.1 Å². The van der Waals surface area contributed by atoms with Crippen LogP contribution < -0.4 is 11.1 Å². The molecule has 0 unspecified atom stereocenters. The minimum atomic E-state index is -0.0284. The van der Waals surface area contributed by atoms with E-state index in [0.29, 0.717) is 18.7 Å². The molecule has 0 aliphatic rings. The van der Waals surface area contributed by atoms with Crippen LogP contribution in [0.2, 0.25) is 0 Å². The number of halogens is 1. The summed E-state index contributed by atoms with van der Waals surface area (Å²) >= 11 is 5.00. The van der Waals surface area contributed by atoms with Crippen LogP contribution in [-0.2, 0) is 4.79 Å². The van der Waals surface area contributed by atoms with Crippen LogP contribution in [0.15, 0.2) is 11.3 Å². The van der Waals surface area contributed by atoms with E-state index in [1.54, 1.807) is 0 Å². The molecule has 3 N–H and O–H groups in total. The summed E-state index contributed by atoms with van der Waals surface area (Å²) in [5, 5.41) is 2.73. The van der Waals surface area contributed by atoms with E-state index in [-0.39, 0.29) is 5.91 Å². The quantitative estimate of drug-likeness (QED) is 0.580. The number of carbonyl (C=O) groups excluding carboxylic acids is 1. The largest absolute Gasteiger partial charge is 0.402 e. The van der Waals surface area contributed by atoms with Gasteiger partial charge in [-0.2, -0.15) is 0 Å². The Labute approximate surface area is 98.1 Å². The van der Waals surface area contributed by atoms with Gasteiger partial charge in [-0.15, -0.1) is 11.6 Å². The van der Waals surface area contributed by atoms with Gasteiger partial charge in [-0.3, -0.25) is 4.79 Å². The predicted molar refractivity (Wildman–Crippen MR) is 66.9 cm³/mol. The van der Waals surface area contributed by atoms with Crippen molar-refractivity contribution < 1.29 is 4.79 Å². The van der Waals surface area contributed by atoms with Gasteiger partial charge >= 0.3 is 0 Å². The van der Waals surface area contributed by atoms with Crippen molar-refractivity contribution in [3.63, 3.8) is 0 Å². The molecule has 0 radical (unpaired) electrons. The Morgan fingerprint density at radius 2 is 1.67 bits per heavy atom. The summed E-state index contributed by atoms with van der Waals surface area (Å²) in [6, 6.07) is 0. The van der Waals surface area contributed by atoms with Crippen LogP contribution in [0.25, 0.3) is 0 Å². The molecule has 0 spiro atoms. The predicted octanol–water partition coefficient (Wildman–Crippen LogP) is 2.40. The summed E-state index contributed by atoms with van der Waals surface area (Å²) in [4.78, 5) is 11.3. The molecule has 0 aliphatic carbocycles. The van der Waals surface area contributed by atoms with E-state index in [0.717, 1.165) is 17.9 Å². The molecule has 0 bridgehead atoms. The van der Waals surface area contributed by atoms with Gasteiger partial charge in [-0.25, -0.2) is 0 Å². The van der Waals surface area contributed by atoms with Crippen LogP contribution in [0.3, 0.4) is 0 Å². The van der Waals surface area contributed by atoms with E-state index in [2.05, 4.69) is 5.32 Å². The maximum Gasteiger partial charge on any atom is 0.248 e. The van der Waals surface area contributed by atoms with E-state index in [4.69, 9.17) is 17.3 Å². The zero-order valence-electron chi connectivity index (χ0n) is 10.2. The first kappa shape index (κ1) is 16.7. The van der Waals surface area contributed by atoms with Gasteiger partial charge in [0.2, 0.25) is 5.91 Å². The molecule has 1 amide bonds. The first-order valence-electron chi connectivity index (χ1n) is 5.40. The van der Waals surface area contributed by atoms with Crippen molar-refractivity contribution in [2.24, 2.45) is 5.73 Å². The minimum absolute atomic E-state index is 0.0284. The molecule has 0 saturated carbocycles. The lowest BCUT2D eigenvalue weighted by atomic mass is 10.1. The van der Waals surface area contributed by atoms with Gasteiger partial charge in [-0.05, 0) is 19.8 Å². The molecule has 0 atom stereocenters. The Morgan fingerprint density at radius 1 is 1.20 bits per heavy atom. The fraction of sp³-hybridized carbons (Fsp3) is 0.727. The summed E-state index contributed by atoms with van der Waals surface area (Å²) in [5.41, 5.74) is 7.10. The van der Waals surface area contributed by atoms with Gasteiger partial charge in [-0.1, -0.05) is 20.8 Å². The normalized spacial score (nSPS) is 11.0. The average molecular weight is 235 g/mol. The maximum absolute atomic E-state index is 11.3. The lowest BCUT2D eigenvalue weighted by Gasteiger charge is -2.07. The number of hydrogen-bond acceptors (Lipinski definition) is 2. The fourth-order valence-electron chi connectivity index (χ4n) is 1.01. The second-order valence-electron chi connectivity index (χ2n) is 2.84. The van der Waals surface area contributed by atoms with Crippen LogP contribution in [0, 0.1) is 0 Å². The second-order valence-corrected chi connectivity index (χ2v) is 3.37. The molecule has 0 saturated heterocycles. The van der Waals surface area contributed by atoms with Gasteiger partial charge < -0.3 is 11.1 Å². The molecule has 15 heavy (non-hydrogen) atoms. The first-order valence-corrected chi connectivity index (χ1v) is 5.93. The number of likely N-dealkylation sites (N-methyl/N-ethyl adjacent to an activating group) is 1. The van der Waals surface area contributed by atoms with Gasteiger partial charge in [0.05, 0.1) is 0 Å². The molecule has 0 aromatic rings. The Balaban J connectivity index is 0. The number of amides is 1. The van der Waals surface area contributed by atoms with Crippen molar-refractivity contribution >= 4 is 17.5 Å². The van der Waals surface area contributed by atoms with Crippen molar-refractivity contribution in [2.75, 3.05) is 12.4 Å². The van der Waals surface area contributed by atoms with Crippen molar-refractivity contribution in [3.8, 4) is 0 Å². The fourth-order valence-corrected chi connectivity index (χ4v) is 1.01. The molecule has 90 valence electrons. The molecule has 4 heteroatoms. The Morgan fingerprint density at radius 3 is 1.93 bits per heavy atom. The van der Waals surface area contributed by atoms with Crippen molar-refractivity contribution in [1.29, 1.82) is 0 Å². The lowest BCUT2D eigenvalue weighted by molar-refractivity contribution is -0.117. The molecule has 3 nitrogen and oxygen atoms in total. The number of allylic oxidation sites excluding steroid dienone is 1. The van der Waals surface area contributed by atoms with E-state index in [1.165, 1.54) is 0 Å². The third-order valence-corrected chi connectivity index (χ3v) is 1.73. The molecule has 0 aromatic carbocycles. The standard InChI is InChI=1S/C9H18N2O.C2H5Cl/c1-4-7(8(10)5-2)9(12)11-6-3;1-2-3/h4-6,10H2,1-3H3,(H,11,12);2H2,1H3/b8-7+;. The molecule has 0 fully saturated rings. The van der Waals surface area contributed by atoms with Gasteiger partial charge in [0.25, 0.3) is 0 Å². The van der Waals surface area contributed by atoms with Crippen molar-refractivity contribution in [1.82, 2.24) is 5.32 Å². The summed E-state index contributed by atoms with van der Waals surface area (Å²) in [6.07, 6.45) is 1.44. The number of carbonyl (C=O) groups is 1. The molecule has 0 aromatic heterocycles. The Hall–Kier alpha value is -0.700. The highest BCUT2D eigenvalue weighted by Gasteiger charge is 2.08. The van der Waals surface area contributed by atoms with Gasteiger partial charge in [0.1, 0.15) is 0 Å². The van der Waals surface area contributed by atoms with E-state index in [9.17, 15) is 4.79 Å². The SMILES string of the molecule is CCCl.CCNC(=O)/C(CC)=C(/N)CC. The van der Waals surface area contributed by atoms with Crippen molar-refractivity contribution in [2.45, 2.75) is 40.5 Å². The number of nitrogens with one attached hydrogen (secondary N) is 1. The third kappa shape index (κ3) is 8.30. The van der Waals surface area contributed by atoms with E-state index in [1.807, 2.05) is 27.7 Å². The second kappa shape index (κ2) is 11.4. The maximum atomic E-state index is 11.3. The number of hydrogen-bond donors (Lipinski definition) is 2.